The van der Waals surface area contributed by atoms with E-state index in [4.69, 9.17) is 4.42 Å². The molecule has 0 saturated heterocycles. The maximum atomic E-state index is 6.38. The maximum absolute atomic E-state index is 6.38. The smallest absolute Gasteiger partial charge is 0.135 e. The van der Waals surface area contributed by atoms with E-state index in [1.807, 2.05) is 18.2 Å². The summed E-state index contributed by atoms with van der Waals surface area (Å²) in [5, 5.41) is 2.35. The van der Waals surface area contributed by atoms with Crippen molar-refractivity contribution in [2.45, 2.75) is 13.3 Å². The van der Waals surface area contributed by atoms with Crippen molar-refractivity contribution >= 4 is 21.9 Å². The molecule has 51 heavy (non-hydrogen) atoms. The number of hydrogen-bond acceptors (Lipinski definition) is 1. The fourth-order valence-electron chi connectivity index (χ4n) is 6.99. The van der Waals surface area contributed by atoms with Crippen LogP contribution < -0.4 is 0 Å². The van der Waals surface area contributed by atoms with Crippen molar-refractivity contribution < 1.29 is 4.42 Å². The van der Waals surface area contributed by atoms with Crippen molar-refractivity contribution in [1.82, 2.24) is 0 Å². The van der Waals surface area contributed by atoms with Crippen LogP contribution in [0.5, 0.6) is 0 Å². The lowest BCUT2D eigenvalue weighted by molar-refractivity contribution is 0.669. The molecule has 1 heteroatoms. The molecule has 9 rings (SSSR count). The second-order valence-corrected chi connectivity index (χ2v) is 13.0. The standard InChI is InChI=1S/C43H30O.C7H8/c1-4-12-30(13-5-1)28-36-18-10-21-41-43(36)39-29-35(26-27-40(39)44-41)38-20-11-19-37(42(38)34-16-8-3-9-17-34)33-24-22-32(23-25-33)31-14-6-2-7-15-31;1-7-5-3-2-4-6-7/h1-27,29H,28H2;2-6H,1H3. The van der Waals surface area contributed by atoms with E-state index in [1.54, 1.807) is 0 Å². The summed E-state index contributed by atoms with van der Waals surface area (Å²) in [5.74, 6) is 0. The van der Waals surface area contributed by atoms with Crippen LogP contribution in [0.1, 0.15) is 16.7 Å². The van der Waals surface area contributed by atoms with E-state index < -0.39 is 0 Å². The van der Waals surface area contributed by atoms with Crippen LogP contribution in [0.4, 0.5) is 0 Å². The molecule has 1 nitrogen and oxygen atoms in total. The van der Waals surface area contributed by atoms with Gasteiger partial charge < -0.3 is 4.42 Å². The predicted octanol–water partition coefficient (Wildman–Crippen LogP) is 13.8. The molecule has 1 aromatic heterocycles. The lowest BCUT2D eigenvalue weighted by atomic mass is 9.87. The minimum Gasteiger partial charge on any atom is -0.456 e. The van der Waals surface area contributed by atoms with E-state index in [-0.39, 0.29) is 0 Å². The molecule has 0 amide bonds. The van der Waals surface area contributed by atoms with Crippen LogP contribution in [-0.2, 0) is 6.42 Å². The molecular formula is C50H38O. The van der Waals surface area contributed by atoms with Gasteiger partial charge in [0.15, 0.2) is 0 Å². The molecular weight excluding hydrogens is 617 g/mol. The summed E-state index contributed by atoms with van der Waals surface area (Å²) in [6.07, 6.45) is 0.862. The zero-order valence-electron chi connectivity index (χ0n) is 28.7. The van der Waals surface area contributed by atoms with Crippen LogP contribution in [0.25, 0.3) is 66.4 Å². The van der Waals surface area contributed by atoms with Crippen LogP contribution in [0.2, 0.25) is 0 Å². The summed E-state index contributed by atoms with van der Waals surface area (Å²) in [7, 11) is 0. The highest BCUT2D eigenvalue weighted by atomic mass is 16.3. The van der Waals surface area contributed by atoms with Crippen molar-refractivity contribution in [3.8, 4) is 44.5 Å². The maximum Gasteiger partial charge on any atom is 0.135 e. The Hall–Kier alpha value is -6.44. The Kier molecular flexibility index (Phi) is 9.09. The van der Waals surface area contributed by atoms with Gasteiger partial charge in [0.05, 0.1) is 0 Å². The third-order valence-electron chi connectivity index (χ3n) is 9.50. The second kappa shape index (κ2) is 14.6. The Bertz CT molecular complexity index is 2510. The number of benzene rings is 8. The van der Waals surface area contributed by atoms with Crippen molar-refractivity contribution in [2.24, 2.45) is 0 Å². The number of aryl methyl sites for hydroxylation is 1. The van der Waals surface area contributed by atoms with Gasteiger partial charge in [-0.3, -0.25) is 0 Å². The van der Waals surface area contributed by atoms with Gasteiger partial charge in [0.25, 0.3) is 0 Å². The number of hydrogen-bond donors (Lipinski definition) is 0. The summed E-state index contributed by atoms with van der Waals surface area (Å²) in [4.78, 5) is 0. The molecule has 8 aromatic carbocycles. The molecule has 0 bridgehead atoms. The van der Waals surface area contributed by atoms with Gasteiger partial charge in [-0.1, -0.05) is 188 Å². The molecule has 0 radical (unpaired) electrons. The molecule has 0 spiro atoms. The molecule has 0 unspecified atom stereocenters. The Morgan fingerprint density at radius 3 is 1.57 bits per heavy atom. The van der Waals surface area contributed by atoms with Crippen LogP contribution >= 0.6 is 0 Å². The third-order valence-corrected chi connectivity index (χ3v) is 9.50. The summed E-state index contributed by atoms with van der Waals surface area (Å²) < 4.78 is 6.38. The van der Waals surface area contributed by atoms with E-state index in [2.05, 4.69) is 189 Å². The highest BCUT2D eigenvalue weighted by molar-refractivity contribution is 6.09. The summed E-state index contributed by atoms with van der Waals surface area (Å²) in [6, 6.07) is 70.9. The van der Waals surface area contributed by atoms with Crippen molar-refractivity contribution in [3.05, 3.63) is 217 Å². The van der Waals surface area contributed by atoms with E-state index in [0.717, 1.165) is 23.0 Å². The first-order chi connectivity index (χ1) is 25.2. The minimum absolute atomic E-state index is 0.862. The van der Waals surface area contributed by atoms with Gasteiger partial charge in [-0.15, -0.1) is 0 Å². The second-order valence-electron chi connectivity index (χ2n) is 13.0. The molecule has 0 N–H and O–H groups in total. The zero-order chi connectivity index (χ0) is 34.4. The monoisotopic (exact) mass is 654 g/mol. The molecule has 244 valence electrons. The molecule has 1 heterocycles. The van der Waals surface area contributed by atoms with Crippen LogP contribution in [0.15, 0.2) is 205 Å². The normalized spacial score (nSPS) is 10.9. The van der Waals surface area contributed by atoms with Crippen LogP contribution in [-0.4, -0.2) is 0 Å². The Morgan fingerprint density at radius 1 is 0.392 bits per heavy atom. The van der Waals surface area contributed by atoms with Gasteiger partial charge in [0.1, 0.15) is 11.2 Å². The van der Waals surface area contributed by atoms with Crippen LogP contribution in [0.3, 0.4) is 0 Å². The van der Waals surface area contributed by atoms with E-state index in [0.29, 0.717) is 0 Å². The molecule has 9 aromatic rings. The Labute approximate surface area is 300 Å². The van der Waals surface area contributed by atoms with Gasteiger partial charge in [-0.2, -0.15) is 0 Å². The lowest BCUT2D eigenvalue weighted by Gasteiger charge is -2.17. The topological polar surface area (TPSA) is 13.1 Å². The lowest BCUT2D eigenvalue weighted by Crippen LogP contribution is -1.91. The van der Waals surface area contributed by atoms with E-state index >= 15 is 0 Å². The van der Waals surface area contributed by atoms with Gasteiger partial charge in [0.2, 0.25) is 0 Å². The fourth-order valence-corrected chi connectivity index (χ4v) is 6.99. The van der Waals surface area contributed by atoms with Gasteiger partial charge in [-0.05, 0) is 87.2 Å². The molecule has 0 fully saturated rings. The number of rotatable bonds is 6. The zero-order valence-corrected chi connectivity index (χ0v) is 28.7. The first-order valence-electron chi connectivity index (χ1n) is 17.6. The van der Waals surface area contributed by atoms with Crippen LogP contribution in [0, 0.1) is 6.92 Å². The number of fused-ring (bicyclic) bond motifs is 3. The Morgan fingerprint density at radius 2 is 0.922 bits per heavy atom. The van der Waals surface area contributed by atoms with E-state index in [9.17, 15) is 0 Å². The quantitative estimate of drug-likeness (QED) is 0.174. The SMILES string of the molecule is Cc1ccccc1.c1ccc(Cc2cccc3oc4ccc(-c5cccc(-c6ccc(-c7ccccc7)cc6)c5-c5ccccc5)cc4c23)cc1. The third kappa shape index (κ3) is 6.88. The average Bonchev–Trinajstić information content (AvgIpc) is 3.58. The Balaban J connectivity index is 0.000000480. The highest BCUT2D eigenvalue weighted by Gasteiger charge is 2.17. The highest BCUT2D eigenvalue weighted by Crippen LogP contribution is 2.42. The summed E-state index contributed by atoms with van der Waals surface area (Å²) in [5.41, 5.74) is 15.4. The van der Waals surface area contributed by atoms with Gasteiger partial charge in [-0.25, -0.2) is 0 Å². The molecule has 0 aliphatic carbocycles. The average molecular weight is 655 g/mol. The number of furan rings is 1. The largest absolute Gasteiger partial charge is 0.456 e. The van der Waals surface area contributed by atoms with Crippen molar-refractivity contribution in [2.75, 3.05) is 0 Å². The van der Waals surface area contributed by atoms with Gasteiger partial charge >= 0.3 is 0 Å². The fraction of sp³-hybridized carbons (Fsp3) is 0.0400. The first-order valence-corrected chi connectivity index (χ1v) is 17.6. The summed E-state index contributed by atoms with van der Waals surface area (Å²) in [6.45, 7) is 2.08. The molecule has 0 aliphatic rings. The first kappa shape index (κ1) is 31.8. The predicted molar refractivity (Wildman–Crippen MR) is 216 cm³/mol. The molecule has 0 saturated carbocycles. The minimum atomic E-state index is 0.862. The van der Waals surface area contributed by atoms with E-state index in [1.165, 1.54) is 66.6 Å². The molecule has 0 atom stereocenters. The van der Waals surface area contributed by atoms with Gasteiger partial charge in [0, 0.05) is 10.8 Å². The van der Waals surface area contributed by atoms with Crippen molar-refractivity contribution in [3.63, 3.8) is 0 Å². The summed E-state index contributed by atoms with van der Waals surface area (Å²) >= 11 is 0. The van der Waals surface area contributed by atoms with Crippen molar-refractivity contribution in [1.29, 1.82) is 0 Å². The molecule has 0 aliphatic heterocycles.